The van der Waals surface area contributed by atoms with Crippen molar-refractivity contribution >= 4 is 33.5 Å². The van der Waals surface area contributed by atoms with E-state index < -0.39 is 0 Å². The van der Waals surface area contributed by atoms with Crippen LogP contribution >= 0.6 is 15.9 Å². The van der Waals surface area contributed by atoms with E-state index in [9.17, 15) is 4.79 Å². The molecule has 0 bridgehead atoms. The van der Waals surface area contributed by atoms with Crippen LogP contribution in [0.2, 0.25) is 0 Å². The van der Waals surface area contributed by atoms with Gasteiger partial charge in [0.2, 0.25) is 5.95 Å². The van der Waals surface area contributed by atoms with E-state index in [0.717, 1.165) is 10.0 Å². The number of nitrogens with zero attached hydrogens (tertiary/aromatic N) is 2. The highest BCUT2D eigenvalue weighted by Crippen LogP contribution is 2.17. The van der Waals surface area contributed by atoms with Crippen LogP contribution in [0.3, 0.4) is 0 Å². The molecule has 126 valence electrons. The highest BCUT2D eigenvalue weighted by molar-refractivity contribution is 9.10. The highest BCUT2D eigenvalue weighted by Gasteiger charge is 2.10. The van der Waals surface area contributed by atoms with Crippen molar-refractivity contribution in [1.29, 1.82) is 0 Å². The van der Waals surface area contributed by atoms with E-state index in [0.29, 0.717) is 17.2 Å². The van der Waals surface area contributed by atoms with Crippen molar-refractivity contribution in [3.05, 3.63) is 82.6 Å². The van der Waals surface area contributed by atoms with Crippen LogP contribution in [0.25, 0.3) is 0 Å². The Balaban J connectivity index is 1.63. The van der Waals surface area contributed by atoms with Gasteiger partial charge in [0.25, 0.3) is 5.91 Å². The summed E-state index contributed by atoms with van der Waals surface area (Å²) in [5.41, 5.74) is 2.26. The molecule has 6 heteroatoms. The fourth-order valence-electron chi connectivity index (χ4n) is 2.28. The summed E-state index contributed by atoms with van der Waals surface area (Å²) in [6.45, 7) is 2.03. The Labute approximate surface area is 154 Å². The Kier molecular flexibility index (Phi) is 5.40. The molecule has 0 saturated carbocycles. The molecule has 2 aromatic carbocycles. The number of anilines is 2. The fraction of sp³-hybridized carbons (Fsp3) is 0.105. The summed E-state index contributed by atoms with van der Waals surface area (Å²) in [5.74, 6) is 0.238. The lowest BCUT2D eigenvalue weighted by atomic mass is 10.1. The van der Waals surface area contributed by atoms with Crippen LogP contribution in [0.5, 0.6) is 0 Å². The number of nitrogens with one attached hydrogen (secondary N) is 2. The van der Waals surface area contributed by atoms with Gasteiger partial charge in [-0.3, -0.25) is 4.79 Å². The minimum Gasteiger partial charge on any atom is -0.348 e. The predicted octanol–water partition coefficient (Wildman–Crippen LogP) is 4.66. The normalized spacial score (nSPS) is 11.6. The minimum absolute atomic E-state index is 0.0728. The third-order valence-corrected chi connectivity index (χ3v) is 4.19. The lowest BCUT2D eigenvalue weighted by Crippen LogP contribution is -2.14. The van der Waals surface area contributed by atoms with Crippen LogP contribution in [0.15, 0.2) is 71.5 Å². The molecule has 1 unspecified atom stereocenters. The average molecular weight is 397 g/mol. The Morgan fingerprint density at radius 3 is 2.28 bits per heavy atom. The van der Waals surface area contributed by atoms with E-state index >= 15 is 0 Å². The molecule has 1 heterocycles. The first kappa shape index (κ1) is 17.1. The molecule has 0 fully saturated rings. The molecule has 0 spiro atoms. The maximum Gasteiger partial charge on any atom is 0.258 e. The second-order valence-corrected chi connectivity index (χ2v) is 6.45. The molecule has 3 aromatic rings. The van der Waals surface area contributed by atoms with Crippen molar-refractivity contribution in [3.63, 3.8) is 0 Å². The lowest BCUT2D eigenvalue weighted by molar-refractivity contribution is 0.102. The van der Waals surface area contributed by atoms with Gasteiger partial charge in [-0.2, -0.15) is 0 Å². The van der Waals surface area contributed by atoms with Gasteiger partial charge < -0.3 is 10.6 Å². The molecular weight excluding hydrogens is 380 g/mol. The van der Waals surface area contributed by atoms with E-state index in [1.807, 2.05) is 61.5 Å². The first-order valence-corrected chi connectivity index (χ1v) is 8.61. The van der Waals surface area contributed by atoms with Gasteiger partial charge in [0.15, 0.2) is 0 Å². The Bertz CT molecular complexity index is 836. The molecule has 3 rings (SSSR count). The van der Waals surface area contributed by atoms with E-state index in [1.54, 1.807) is 0 Å². The van der Waals surface area contributed by atoms with Crippen LogP contribution in [0, 0.1) is 0 Å². The van der Waals surface area contributed by atoms with E-state index in [2.05, 4.69) is 36.5 Å². The van der Waals surface area contributed by atoms with Gasteiger partial charge in [-0.25, -0.2) is 9.97 Å². The van der Waals surface area contributed by atoms with E-state index in [1.165, 1.54) is 12.4 Å². The number of hydrogen-bond donors (Lipinski definition) is 2. The van der Waals surface area contributed by atoms with Crippen LogP contribution in [-0.4, -0.2) is 15.9 Å². The summed E-state index contributed by atoms with van der Waals surface area (Å²) in [5, 5.41) is 6.03. The first-order chi connectivity index (χ1) is 12.1. The van der Waals surface area contributed by atoms with Crippen LogP contribution < -0.4 is 10.6 Å². The van der Waals surface area contributed by atoms with Gasteiger partial charge in [0, 0.05) is 22.6 Å². The Morgan fingerprint density at radius 1 is 1.00 bits per heavy atom. The summed E-state index contributed by atoms with van der Waals surface area (Å²) in [6, 6.07) is 17.5. The zero-order valence-corrected chi connectivity index (χ0v) is 15.2. The third kappa shape index (κ3) is 4.64. The smallest absolute Gasteiger partial charge is 0.258 e. The summed E-state index contributed by atoms with van der Waals surface area (Å²) in [4.78, 5) is 20.7. The molecule has 0 radical (unpaired) electrons. The van der Waals surface area contributed by atoms with Crippen molar-refractivity contribution in [2.24, 2.45) is 0 Å². The standard InChI is InChI=1S/C19H17BrN4O/c1-13(14-5-3-2-4-6-14)23-19-21-11-15(12-22-19)18(25)24-17-9-7-16(20)8-10-17/h2-13H,1H3,(H,24,25)(H,21,22,23). The third-order valence-electron chi connectivity index (χ3n) is 3.66. The molecule has 1 amide bonds. The van der Waals surface area contributed by atoms with Crippen molar-refractivity contribution in [2.45, 2.75) is 13.0 Å². The second-order valence-electron chi connectivity index (χ2n) is 5.53. The SMILES string of the molecule is CC(Nc1ncc(C(=O)Nc2ccc(Br)cc2)cn1)c1ccccc1. The van der Waals surface area contributed by atoms with Crippen LogP contribution in [0.4, 0.5) is 11.6 Å². The van der Waals surface area contributed by atoms with Crippen molar-refractivity contribution < 1.29 is 4.79 Å². The zero-order valence-electron chi connectivity index (χ0n) is 13.6. The number of halogens is 1. The summed E-state index contributed by atoms with van der Waals surface area (Å²) in [7, 11) is 0. The quantitative estimate of drug-likeness (QED) is 0.657. The van der Waals surface area contributed by atoms with Gasteiger partial charge in [0.1, 0.15) is 0 Å². The van der Waals surface area contributed by atoms with Gasteiger partial charge in [0.05, 0.1) is 11.6 Å². The van der Waals surface area contributed by atoms with Gasteiger partial charge in [-0.05, 0) is 36.8 Å². The van der Waals surface area contributed by atoms with Crippen molar-refractivity contribution in [3.8, 4) is 0 Å². The molecular formula is C19H17BrN4O. The van der Waals surface area contributed by atoms with Gasteiger partial charge >= 0.3 is 0 Å². The summed E-state index contributed by atoms with van der Waals surface area (Å²) < 4.78 is 0.955. The molecule has 0 aliphatic heterocycles. The fourth-order valence-corrected chi connectivity index (χ4v) is 2.54. The second kappa shape index (κ2) is 7.90. The number of aromatic nitrogens is 2. The van der Waals surface area contributed by atoms with E-state index in [4.69, 9.17) is 0 Å². The molecule has 2 N–H and O–H groups in total. The molecule has 1 atom stereocenters. The number of carbonyl (C=O) groups excluding carboxylic acids is 1. The molecule has 0 aliphatic rings. The van der Waals surface area contributed by atoms with E-state index in [-0.39, 0.29) is 11.9 Å². The van der Waals surface area contributed by atoms with Gasteiger partial charge in [-0.1, -0.05) is 46.3 Å². The zero-order chi connectivity index (χ0) is 17.6. The molecule has 5 nitrogen and oxygen atoms in total. The average Bonchev–Trinajstić information content (AvgIpc) is 2.65. The maximum absolute atomic E-state index is 12.2. The molecule has 0 saturated heterocycles. The molecule has 0 aliphatic carbocycles. The number of rotatable bonds is 5. The maximum atomic E-state index is 12.2. The minimum atomic E-state index is -0.245. The number of carbonyl (C=O) groups is 1. The number of hydrogen-bond acceptors (Lipinski definition) is 4. The summed E-state index contributed by atoms with van der Waals surface area (Å²) in [6.07, 6.45) is 3.03. The number of benzene rings is 2. The Hall–Kier alpha value is -2.73. The molecule has 1 aromatic heterocycles. The van der Waals surface area contributed by atoms with Crippen LogP contribution in [-0.2, 0) is 0 Å². The van der Waals surface area contributed by atoms with Crippen LogP contribution in [0.1, 0.15) is 28.9 Å². The largest absolute Gasteiger partial charge is 0.348 e. The molecule has 25 heavy (non-hydrogen) atoms. The Morgan fingerprint density at radius 2 is 1.64 bits per heavy atom. The van der Waals surface area contributed by atoms with Gasteiger partial charge in [-0.15, -0.1) is 0 Å². The summed E-state index contributed by atoms with van der Waals surface area (Å²) >= 11 is 3.36. The monoisotopic (exact) mass is 396 g/mol. The first-order valence-electron chi connectivity index (χ1n) is 7.82. The highest BCUT2D eigenvalue weighted by atomic mass is 79.9. The predicted molar refractivity (Wildman–Crippen MR) is 103 cm³/mol. The van der Waals surface area contributed by atoms with Crippen molar-refractivity contribution in [2.75, 3.05) is 10.6 Å². The lowest BCUT2D eigenvalue weighted by Gasteiger charge is -2.14. The number of amides is 1. The van der Waals surface area contributed by atoms with Crippen molar-refractivity contribution in [1.82, 2.24) is 9.97 Å². The topological polar surface area (TPSA) is 66.9 Å².